The fourth-order valence-corrected chi connectivity index (χ4v) is 4.28. The molecule has 2 heterocycles. The lowest BCUT2D eigenvalue weighted by molar-refractivity contribution is 0.648. The van der Waals surface area contributed by atoms with E-state index in [-0.39, 0.29) is 0 Å². The highest BCUT2D eigenvalue weighted by molar-refractivity contribution is 7.99. The van der Waals surface area contributed by atoms with E-state index < -0.39 is 0 Å². The fourth-order valence-electron chi connectivity index (χ4n) is 2.78. The molecule has 3 rings (SSSR count). The number of hydrogen-bond donors (Lipinski definition) is 1. The molecule has 0 fully saturated rings. The van der Waals surface area contributed by atoms with Crippen LogP contribution in [0.1, 0.15) is 24.1 Å². The molecule has 2 aromatic heterocycles. The number of pyridine rings is 1. The number of nitrogen functional groups attached to an aromatic ring is 1. The number of thioether (sulfide) groups is 1. The van der Waals surface area contributed by atoms with E-state index in [4.69, 9.17) is 28.9 Å². The van der Waals surface area contributed by atoms with Gasteiger partial charge in [-0.3, -0.25) is 0 Å². The fraction of sp³-hybridized carbons (Fsp3) is 0.333. The third-order valence-corrected chi connectivity index (χ3v) is 6.03. The van der Waals surface area contributed by atoms with Crippen molar-refractivity contribution < 1.29 is 0 Å². The van der Waals surface area contributed by atoms with Gasteiger partial charge in [0, 0.05) is 22.2 Å². The third-order valence-electron chi connectivity index (χ3n) is 4.21. The van der Waals surface area contributed by atoms with Gasteiger partial charge in [0.25, 0.3) is 0 Å². The maximum atomic E-state index is 6.20. The molecule has 0 amide bonds. The molecule has 0 radical (unpaired) electrons. The van der Waals surface area contributed by atoms with Crippen LogP contribution in [0.2, 0.25) is 10.0 Å². The first kappa shape index (κ1) is 18.4. The first-order valence-electron chi connectivity index (χ1n) is 8.12. The molecule has 0 aliphatic carbocycles. The van der Waals surface area contributed by atoms with Crippen molar-refractivity contribution >= 4 is 51.8 Å². The number of unbranched alkanes of at least 4 members (excludes halogenated alkanes) is 1. The van der Waals surface area contributed by atoms with Crippen LogP contribution in [0.25, 0.3) is 11.0 Å². The summed E-state index contributed by atoms with van der Waals surface area (Å²) in [5, 5.41) is 1.38. The Kier molecular flexibility index (Phi) is 5.77. The van der Waals surface area contributed by atoms with Gasteiger partial charge in [-0.25, -0.2) is 9.97 Å². The number of nitrogens with two attached hydrogens (primary N) is 1. The molecule has 0 saturated heterocycles. The minimum absolute atomic E-state index is 0.504. The Morgan fingerprint density at radius 1 is 1.20 bits per heavy atom. The summed E-state index contributed by atoms with van der Waals surface area (Å²) in [7, 11) is 0. The van der Waals surface area contributed by atoms with Gasteiger partial charge in [0.15, 0.2) is 5.82 Å². The van der Waals surface area contributed by atoms with Crippen molar-refractivity contribution in [3.8, 4) is 0 Å². The van der Waals surface area contributed by atoms with Crippen LogP contribution in [0, 0.1) is 13.8 Å². The van der Waals surface area contributed by atoms with Crippen LogP contribution >= 0.6 is 35.0 Å². The van der Waals surface area contributed by atoms with E-state index in [1.165, 1.54) is 0 Å². The number of aryl methyl sites for hydroxylation is 3. The summed E-state index contributed by atoms with van der Waals surface area (Å²) >= 11 is 13.9. The first-order chi connectivity index (χ1) is 12.0. The van der Waals surface area contributed by atoms with Crippen molar-refractivity contribution in [3.05, 3.63) is 45.8 Å². The number of rotatable bonds is 6. The van der Waals surface area contributed by atoms with E-state index in [1.807, 2.05) is 25.4 Å². The topological polar surface area (TPSA) is 56.7 Å². The second kappa shape index (κ2) is 7.85. The molecule has 4 nitrogen and oxygen atoms in total. The summed E-state index contributed by atoms with van der Waals surface area (Å²) in [5.41, 5.74) is 9.99. The van der Waals surface area contributed by atoms with E-state index in [1.54, 1.807) is 17.8 Å². The summed E-state index contributed by atoms with van der Waals surface area (Å²) in [4.78, 5) is 9.85. The summed E-state index contributed by atoms with van der Waals surface area (Å²) in [6.07, 6.45) is 4.00. The van der Waals surface area contributed by atoms with Crippen molar-refractivity contribution in [3.63, 3.8) is 0 Å². The van der Waals surface area contributed by atoms with Gasteiger partial charge in [0.05, 0.1) is 16.9 Å². The van der Waals surface area contributed by atoms with E-state index in [0.29, 0.717) is 15.9 Å². The molecule has 0 saturated carbocycles. The van der Waals surface area contributed by atoms with Crippen LogP contribution in [0.4, 0.5) is 5.82 Å². The number of benzene rings is 1. The number of fused-ring (bicyclic) bond motifs is 1. The van der Waals surface area contributed by atoms with Crippen molar-refractivity contribution in [1.82, 2.24) is 14.5 Å². The van der Waals surface area contributed by atoms with Crippen molar-refractivity contribution in [2.24, 2.45) is 0 Å². The maximum absolute atomic E-state index is 6.20. The van der Waals surface area contributed by atoms with Crippen LogP contribution in [0.15, 0.2) is 29.4 Å². The van der Waals surface area contributed by atoms with Crippen molar-refractivity contribution in [1.29, 1.82) is 0 Å². The van der Waals surface area contributed by atoms with Gasteiger partial charge in [-0.05, 0) is 56.2 Å². The minimum atomic E-state index is 0.504. The normalized spacial score (nSPS) is 11.4. The van der Waals surface area contributed by atoms with Gasteiger partial charge >= 0.3 is 0 Å². The number of anilines is 1. The average molecular weight is 395 g/mol. The number of halogens is 2. The van der Waals surface area contributed by atoms with Crippen molar-refractivity contribution in [2.75, 3.05) is 11.5 Å². The highest BCUT2D eigenvalue weighted by atomic mass is 35.5. The van der Waals surface area contributed by atoms with Crippen LogP contribution < -0.4 is 5.73 Å². The molecule has 0 spiro atoms. The zero-order valence-corrected chi connectivity index (χ0v) is 16.5. The molecular weight excluding hydrogens is 375 g/mol. The van der Waals surface area contributed by atoms with Gasteiger partial charge in [-0.1, -0.05) is 23.2 Å². The predicted molar refractivity (Wildman–Crippen MR) is 108 cm³/mol. The lowest BCUT2D eigenvalue weighted by atomic mass is 10.2. The zero-order valence-electron chi connectivity index (χ0n) is 14.2. The van der Waals surface area contributed by atoms with Gasteiger partial charge in [-0.2, -0.15) is 0 Å². The summed E-state index contributed by atoms with van der Waals surface area (Å²) < 4.78 is 2.18. The lowest BCUT2D eigenvalue weighted by Gasteiger charge is -2.09. The number of imidazole rings is 1. The number of hydrogen-bond acceptors (Lipinski definition) is 4. The molecule has 25 heavy (non-hydrogen) atoms. The second-order valence-electron chi connectivity index (χ2n) is 5.97. The van der Waals surface area contributed by atoms with Gasteiger partial charge in [-0.15, -0.1) is 11.8 Å². The Morgan fingerprint density at radius 2 is 2.00 bits per heavy atom. The predicted octanol–water partition coefficient (Wildman–Crippen LogP) is 5.51. The van der Waals surface area contributed by atoms with E-state index in [2.05, 4.69) is 21.5 Å². The minimum Gasteiger partial charge on any atom is -0.382 e. The molecule has 2 N–H and O–H groups in total. The van der Waals surface area contributed by atoms with Crippen molar-refractivity contribution in [2.45, 2.75) is 38.1 Å². The monoisotopic (exact) mass is 394 g/mol. The Morgan fingerprint density at radius 3 is 2.76 bits per heavy atom. The summed E-state index contributed by atoms with van der Waals surface area (Å²) in [6, 6.07) is 5.63. The number of nitrogens with zero attached hydrogens (tertiary/aromatic N) is 3. The van der Waals surface area contributed by atoms with E-state index >= 15 is 0 Å². The molecule has 0 aliphatic rings. The Hall–Kier alpha value is -1.43. The summed E-state index contributed by atoms with van der Waals surface area (Å²) in [6.45, 7) is 4.96. The lowest BCUT2D eigenvalue weighted by Crippen LogP contribution is -2.02. The largest absolute Gasteiger partial charge is 0.382 e. The molecule has 1 aromatic carbocycles. The van der Waals surface area contributed by atoms with Gasteiger partial charge in [0.1, 0.15) is 5.52 Å². The molecular formula is C18H20Cl2N4S. The molecule has 3 aromatic rings. The maximum Gasteiger partial charge on any atom is 0.151 e. The van der Waals surface area contributed by atoms with Crippen LogP contribution in [-0.4, -0.2) is 20.3 Å². The second-order valence-corrected chi connectivity index (χ2v) is 7.95. The molecule has 0 unspecified atom stereocenters. The van der Waals surface area contributed by atoms with Crippen LogP contribution in [-0.2, 0) is 6.54 Å². The smallest absolute Gasteiger partial charge is 0.151 e. The Balaban J connectivity index is 1.59. The molecule has 0 bridgehead atoms. The zero-order chi connectivity index (χ0) is 18.0. The quantitative estimate of drug-likeness (QED) is 0.442. The Labute approximate surface area is 161 Å². The van der Waals surface area contributed by atoms with E-state index in [9.17, 15) is 0 Å². The molecule has 7 heteroatoms. The molecule has 0 aliphatic heterocycles. The first-order valence-corrected chi connectivity index (χ1v) is 9.87. The highest BCUT2D eigenvalue weighted by Crippen LogP contribution is 2.30. The SMILES string of the molecule is Cc1nc(N)c2ncn(CCCCSc3ccc(Cl)cc3Cl)c2c1C. The van der Waals surface area contributed by atoms with E-state index in [0.717, 1.165) is 52.3 Å². The molecule has 132 valence electrons. The van der Waals surface area contributed by atoms with Crippen LogP contribution in [0.3, 0.4) is 0 Å². The van der Waals surface area contributed by atoms with Gasteiger partial charge < -0.3 is 10.3 Å². The third kappa shape index (κ3) is 4.05. The highest BCUT2D eigenvalue weighted by Gasteiger charge is 2.12. The Bertz CT molecular complexity index is 908. The summed E-state index contributed by atoms with van der Waals surface area (Å²) in [5.74, 6) is 1.51. The average Bonchev–Trinajstić information content (AvgIpc) is 2.99. The van der Waals surface area contributed by atoms with Gasteiger partial charge in [0.2, 0.25) is 0 Å². The van der Waals surface area contributed by atoms with Crippen LogP contribution in [0.5, 0.6) is 0 Å². The standard InChI is InChI=1S/C18H20Cl2N4S/c1-11-12(2)23-18(21)16-17(11)24(10-22-16)7-3-4-8-25-15-6-5-13(19)9-14(15)20/h5-6,9-10H,3-4,7-8H2,1-2H3,(H2,21,23). The molecule has 0 atom stereocenters. The number of aromatic nitrogens is 3.